The number of aromatic nitrogens is 2. The Kier molecular flexibility index (Phi) is 3.76. The van der Waals surface area contributed by atoms with Gasteiger partial charge in [-0.1, -0.05) is 25.7 Å². The first kappa shape index (κ1) is 13.2. The third kappa shape index (κ3) is 2.71. The van der Waals surface area contributed by atoms with E-state index in [9.17, 15) is 4.39 Å². The summed E-state index contributed by atoms with van der Waals surface area (Å²) in [5.41, 5.74) is 6.19. The first-order chi connectivity index (χ1) is 9.74. The highest BCUT2D eigenvalue weighted by Crippen LogP contribution is 2.28. The Bertz CT molecular complexity index is 588. The molecule has 0 unspecified atom stereocenters. The van der Waals surface area contributed by atoms with Crippen LogP contribution in [0.4, 0.5) is 10.2 Å². The maximum Gasteiger partial charge on any atom is 0.156 e. The van der Waals surface area contributed by atoms with Gasteiger partial charge in [0.1, 0.15) is 11.6 Å². The fourth-order valence-electron chi connectivity index (χ4n) is 2.93. The molecular formula is C15H20FN3O. The number of nitrogens with one attached hydrogen (secondary N) is 1. The average Bonchev–Trinajstić information content (AvgIpc) is 2.65. The van der Waals surface area contributed by atoms with E-state index in [4.69, 9.17) is 10.5 Å². The maximum atomic E-state index is 14.0. The van der Waals surface area contributed by atoms with Gasteiger partial charge in [-0.3, -0.25) is 5.10 Å². The molecule has 4 nitrogen and oxygen atoms in total. The SMILES string of the molecule is Nc1n[nH]c2cc(OCC3CCCCCC3)cc(F)c12. The summed E-state index contributed by atoms with van der Waals surface area (Å²) in [6.07, 6.45) is 7.62. The van der Waals surface area contributed by atoms with Crippen LogP contribution in [0.25, 0.3) is 10.9 Å². The van der Waals surface area contributed by atoms with Gasteiger partial charge in [0.15, 0.2) is 5.82 Å². The number of fused-ring (bicyclic) bond motifs is 1. The molecule has 5 heteroatoms. The van der Waals surface area contributed by atoms with Crippen LogP contribution in [0.1, 0.15) is 38.5 Å². The normalized spacial score (nSPS) is 17.2. The molecule has 108 valence electrons. The Balaban J connectivity index is 1.71. The standard InChI is InChI=1S/C15H20FN3O/c16-12-7-11(8-13-14(12)15(17)19-18-13)20-9-10-5-3-1-2-4-6-10/h7-8,10H,1-6,9H2,(H3,17,18,19). The third-order valence-corrected chi connectivity index (χ3v) is 4.08. The molecule has 2 aromatic rings. The Morgan fingerprint density at radius 1 is 1.25 bits per heavy atom. The summed E-state index contributed by atoms with van der Waals surface area (Å²) in [4.78, 5) is 0. The van der Waals surface area contributed by atoms with Crippen molar-refractivity contribution in [1.82, 2.24) is 10.2 Å². The van der Waals surface area contributed by atoms with E-state index in [-0.39, 0.29) is 11.6 Å². The summed E-state index contributed by atoms with van der Waals surface area (Å²) in [7, 11) is 0. The smallest absolute Gasteiger partial charge is 0.156 e. The molecule has 0 saturated heterocycles. The molecule has 0 bridgehead atoms. The number of hydrogen-bond acceptors (Lipinski definition) is 3. The number of anilines is 1. The van der Waals surface area contributed by atoms with Crippen LogP contribution >= 0.6 is 0 Å². The second-order valence-electron chi connectivity index (χ2n) is 5.61. The second-order valence-corrected chi connectivity index (χ2v) is 5.61. The highest BCUT2D eigenvalue weighted by atomic mass is 19.1. The van der Waals surface area contributed by atoms with Crippen molar-refractivity contribution in [2.45, 2.75) is 38.5 Å². The summed E-state index contributed by atoms with van der Waals surface area (Å²) >= 11 is 0. The molecule has 1 fully saturated rings. The molecule has 0 aliphatic heterocycles. The number of nitrogens with two attached hydrogens (primary N) is 1. The van der Waals surface area contributed by atoms with Crippen molar-refractivity contribution >= 4 is 16.7 Å². The number of halogens is 1. The van der Waals surface area contributed by atoms with Crippen LogP contribution < -0.4 is 10.5 Å². The fraction of sp³-hybridized carbons (Fsp3) is 0.533. The number of H-pyrrole nitrogens is 1. The molecule has 1 heterocycles. The molecular weight excluding hydrogens is 257 g/mol. The highest BCUT2D eigenvalue weighted by molar-refractivity contribution is 5.90. The van der Waals surface area contributed by atoms with Gasteiger partial charge >= 0.3 is 0 Å². The Hall–Kier alpha value is -1.78. The highest BCUT2D eigenvalue weighted by Gasteiger charge is 2.15. The molecule has 0 atom stereocenters. The number of rotatable bonds is 3. The van der Waals surface area contributed by atoms with Crippen molar-refractivity contribution < 1.29 is 9.13 Å². The Morgan fingerprint density at radius 2 is 2.00 bits per heavy atom. The maximum absolute atomic E-state index is 14.0. The van der Waals surface area contributed by atoms with Gasteiger partial charge in [0.2, 0.25) is 0 Å². The summed E-state index contributed by atoms with van der Waals surface area (Å²) in [6, 6.07) is 3.16. The predicted molar refractivity (Wildman–Crippen MR) is 77.2 cm³/mol. The number of nitrogen functional groups attached to an aromatic ring is 1. The van der Waals surface area contributed by atoms with Crippen LogP contribution in [0.3, 0.4) is 0 Å². The minimum absolute atomic E-state index is 0.188. The van der Waals surface area contributed by atoms with Gasteiger partial charge in [0.25, 0.3) is 0 Å². The fourth-order valence-corrected chi connectivity index (χ4v) is 2.93. The summed E-state index contributed by atoms with van der Waals surface area (Å²) in [5, 5.41) is 6.88. The molecule has 1 aliphatic carbocycles. The summed E-state index contributed by atoms with van der Waals surface area (Å²) < 4.78 is 19.7. The van der Waals surface area contributed by atoms with E-state index in [0.29, 0.717) is 29.2 Å². The summed E-state index contributed by atoms with van der Waals surface area (Å²) in [5.74, 6) is 0.934. The van der Waals surface area contributed by atoms with E-state index in [1.165, 1.54) is 44.6 Å². The minimum Gasteiger partial charge on any atom is -0.493 e. The molecule has 20 heavy (non-hydrogen) atoms. The lowest BCUT2D eigenvalue weighted by Crippen LogP contribution is -2.11. The van der Waals surface area contributed by atoms with Crippen molar-refractivity contribution in [1.29, 1.82) is 0 Å². The van der Waals surface area contributed by atoms with E-state index in [1.54, 1.807) is 6.07 Å². The van der Waals surface area contributed by atoms with Crippen LogP contribution in [-0.4, -0.2) is 16.8 Å². The van der Waals surface area contributed by atoms with Gasteiger partial charge in [-0.25, -0.2) is 4.39 Å². The Morgan fingerprint density at radius 3 is 2.75 bits per heavy atom. The number of nitrogens with zero attached hydrogens (tertiary/aromatic N) is 1. The van der Waals surface area contributed by atoms with Gasteiger partial charge in [0.05, 0.1) is 17.5 Å². The second kappa shape index (κ2) is 5.69. The largest absolute Gasteiger partial charge is 0.493 e. The van der Waals surface area contributed by atoms with Crippen molar-refractivity contribution in [3.8, 4) is 5.75 Å². The lowest BCUT2D eigenvalue weighted by molar-refractivity contribution is 0.233. The van der Waals surface area contributed by atoms with E-state index in [2.05, 4.69) is 10.2 Å². The van der Waals surface area contributed by atoms with Crippen LogP contribution in [0.15, 0.2) is 12.1 Å². The lowest BCUT2D eigenvalue weighted by atomic mass is 10.0. The molecule has 0 amide bonds. The van der Waals surface area contributed by atoms with Gasteiger partial charge in [-0.15, -0.1) is 0 Å². The third-order valence-electron chi connectivity index (χ3n) is 4.08. The topological polar surface area (TPSA) is 63.9 Å². The van der Waals surface area contributed by atoms with Crippen LogP contribution in [-0.2, 0) is 0 Å². The number of benzene rings is 1. The zero-order valence-corrected chi connectivity index (χ0v) is 11.5. The molecule has 3 rings (SSSR count). The molecule has 0 radical (unpaired) electrons. The predicted octanol–water partition coefficient (Wildman–Crippen LogP) is 3.63. The van der Waals surface area contributed by atoms with Crippen molar-refractivity contribution in [2.24, 2.45) is 5.92 Å². The molecule has 1 aromatic heterocycles. The molecule has 1 aromatic carbocycles. The lowest BCUT2D eigenvalue weighted by Gasteiger charge is -2.15. The minimum atomic E-state index is -0.385. The zero-order valence-electron chi connectivity index (χ0n) is 11.5. The van der Waals surface area contributed by atoms with E-state index in [0.717, 1.165) is 0 Å². The van der Waals surface area contributed by atoms with Gasteiger partial charge in [-0.2, -0.15) is 5.10 Å². The van der Waals surface area contributed by atoms with Crippen LogP contribution in [0.5, 0.6) is 5.75 Å². The van der Waals surface area contributed by atoms with E-state index < -0.39 is 0 Å². The van der Waals surface area contributed by atoms with Crippen molar-refractivity contribution in [3.63, 3.8) is 0 Å². The van der Waals surface area contributed by atoms with Crippen molar-refractivity contribution in [3.05, 3.63) is 17.9 Å². The molecule has 3 N–H and O–H groups in total. The van der Waals surface area contributed by atoms with Crippen LogP contribution in [0, 0.1) is 11.7 Å². The number of hydrogen-bond donors (Lipinski definition) is 2. The molecule has 0 spiro atoms. The first-order valence-electron chi connectivity index (χ1n) is 7.30. The van der Waals surface area contributed by atoms with E-state index in [1.807, 2.05) is 0 Å². The zero-order chi connectivity index (χ0) is 13.9. The molecule has 1 saturated carbocycles. The monoisotopic (exact) mass is 277 g/mol. The Labute approximate surface area is 117 Å². The summed E-state index contributed by atoms with van der Waals surface area (Å²) in [6.45, 7) is 0.661. The number of ether oxygens (including phenoxy) is 1. The van der Waals surface area contributed by atoms with Gasteiger partial charge in [-0.05, 0) is 18.8 Å². The van der Waals surface area contributed by atoms with Gasteiger partial charge in [0, 0.05) is 12.1 Å². The molecule has 1 aliphatic rings. The van der Waals surface area contributed by atoms with E-state index >= 15 is 0 Å². The van der Waals surface area contributed by atoms with Gasteiger partial charge < -0.3 is 10.5 Å². The van der Waals surface area contributed by atoms with Crippen LogP contribution in [0.2, 0.25) is 0 Å². The first-order valence-corrected chi connectivity index (χ1v) is 7.30. The number of aromatic amines is 1. The van der Waals surface area contributed by atoms with Crippen molar-refractivity contribution in [2.75, 3.05) is 12.3 Å². The quantitative estimate of drug-likeness (QED) is 0.842. The average molecular weight is 277 g/mol.